The molecule has 44 heavy (non-hydrogen) atoms. The molecular formula is C30H31F3N4O7. The molecular weight excluding hydrogens is 585 g/mol. The van der Waals surface area contributed by atoms with Gasteiger partial charge in [-0.1, -0.05) is 24.6 Å². The number of benzene rings is 2. The first-order valence-corrected chi connectivity index (χ1v) is 13.8. The van der Waals surface area contributed by atoms with Crippen LogP contribution in [-0.4, -0.2) is 69.2 Å². The summed E-state index contributed by atoms with van der Waals surface area (Å²) in [6, 6.07) is 16.1. The second-order valence-corrected chi connectivity index (χ2v) is 10.6. The summed E-state index contributed by atoms with van der Waals surface area (Å²) in [5.41, 5.74) is 4.93. The molecule has 2 fully saturated rings. The molecule has 2 heterocycles. The number of hydrogen-bond acceptors (Lipinski definition) is 7. The van der Waals surface area contributed by atoms with Gasteiger partial charge in [0.15, 0.2) is 0 Å². The van der Waals surface area contributed by atoms with Gasteiger partial charge in [-0.25, -0.2) is 10.3 Å². The summed E-state index contributed by atoms with van der Waals surface area (Å²) in [6.45, 7) is 2.72. The van der Waals surface area contributed by atoms with Gasteiger partial charge in [0, 0.05) is 41.2 Å². The largest absolute Gasteiger partial charge is 0.490 e. The van der Waals surface area contributed by atoms with Crippen molar-refractivity contribution in [2.45, 2.75) is 45.0 Å². The minimum Gasteiger partial charge on any atom is -0.489 e. The Balaban J connectivity index is 0.000000566. The van der Waals surface area contributed by atoms with Crippen molar-refractivity contribution >= 4 is 34.6 Å². The molecule has 3 amide bonds. The fraction of sp³-hybridized carbons (Fsp3) is 0.367. The molecule has 0 radical (unpaired) electrons. The monoisotopic (exact) mass is 616 g/mol. The van der Waals surface area contributed by atoms with Crippen LogP contribution in [0, 0.1) is 18.8 Å². The lowest BCUT2D eigenvalue weighted by Crippen LogP contribution is -2.45. The van der Waals surface area contributed by atoms with Crippen molar-refractivity contribution in [2.75, 3.05) is 13.1 Å². The predicted octanol–water partition coefficient (Wildman–Crippen LogP) is 3.62. The van der Waals surface area contributed by atoms with Crippen LogP contribution in [0.3, 0.4) is 0 Å². The number of hydroxylamine groups is 1. The Hall–Kier alpha value is -4.72. The molecule has 0 bridgehead atoms. The highest BCUT2D eigenvalue weighted by Gasteiger charge is 2.43. The van der Waals surface area contributed by atoms with E-state index in [4.69, 9.17) is 19.8 Å². The molecule has 1 aromatic heterocycles. The molecule has 4 N–H and O–H groups in total. The quantitative estimate of drug-likeness (QED) is 0.232. The summed E-state index contributed by atoms with van der Waals surface area (Å²) in [7, 11) is 0. The number of aryl methyl sites for hydroxylation is 1. The molecule has 2 atom stereocenters. The van der Waals surface area contributed by atoms with E-state index >= 15 is 0 Å². The molecule has 1 aliphatic carbocycles. The van der Waals surface area contributed by atoms with Crippen molar-refractivity contribution < 1.29 is 47.4 Å². The van der Waals surface area contributed by atoms with Crippen molar-refractivity contribution in [1.29, 1.82) is 0 Å². The topological polar surface area (TPSA) is 158 Å². The van der Waals surface area contributed by atoms with Crippen molar-refractivity contribution in [3.8, 4) is 5.75 Å². The van der Waals surface area contributed by atoms with Crippen molar-refractivity contribution in [1.82, 2.24) is 20.7 Å². The number of amides is 3. The zero-order valence-electron chi connectivity index (χ0n) is 23.6. The summed E-state index contributed by atoms with van der Waals surface area (Å²) < 4.78 is 37.7. The Morgan fingerprint density at radius 2 is 1.70 bits per heavy atom. The molecule has 2 aliphatic rings. The van der Waals surface area contributed by atoms with E-state index in [-0.39, 0.29) is 30.8 Å². The van der Waals surface area contributed by atoms with Crippen LogP contribution in [0.4, 0.5) is 13.2 Å². The third-order valence-corrected chi connectivity index (χ3v) is 7.53. The van der Waals surface area contributed by atoms with Crippen LogP contribution in [-0.2, 0) is 21.0 Å². The highest BCUT2D eigenvalue weighted by Crippen LogP contribution is 2.31. The van der Waals surface area contributed by atoms with Gasteiger partial charge in [0.2, 0.25) is 11.8 Å². The van der Waals surface area contributed by atoms with Gasteiger partial charge in [0.1, 0.15) is 12.4 Å². The van der Waals surface area contributed by atoms with Gasteiger partial charge in [-0.3, -0.25) is 24.6 Å². The lowest BCUT2D eigenvalue weighted by Gasteiger charge is -2.29. The average Bonchev–Trinajstić information content (AvgIpc) is 3.38. The second-order valence-electron chi connectivity index (χ2n) is 10.6. The van der Waals surface area contributed by atoms with Crippen LogP contribution in [0.1, 0.15) is 40.9 Å². The number of para-hydroxylation sites is 1. The van der Waals surface area contributed by atoms with Gasteiger partial charge in [-0.15, -0.1) is 0 Å². The average molecular weight is 617 g/mol. The molecule has 11 nitrogen and oxygen atoms in total. The number of carbonyl (C=O) groups is 4. The van der Waals surface area contributed by atoms with E-state index in [0.717, 1.165) is 41.4 Å². The highest BCUT2D eigenvalue weighted by atomic mass is 19.4. The SMILES string of the molecule is Cc1cc(COc2ccc(C(=O)N[C@@H]3CN(C(=O)C4CCC4)C[C@@H]3C(=O)NO)cc2)c2ccccc2n1.O=C(O)C(F)(F)F. The number of carbonyl (C=O) groups excluding carboxylic acids is 3. The summed E-state index contributed by atoms with van der Waals surface area (Å²) in [4.78, 5) is 52.9. The molecule has 3 aromatic rings. The number of nitrogens with one attached hydrogen (secondary N) is 2. The van der Waals surface area contributed by atoms with Crippen molar-refractivity contribution in [2.24, 2.45) is 11.8 Å². The summed E-state index contributed by atoms with van der Waals surface area (Å²) in [5, 5.41) is 20.2. The Bertz CT molecular complexity index is 1530. The number of alkyl halides is 3. The maximum absolute atomic E-state index is 13.0. The first-order chi connectivity index (χ1) is 20.9. The number of ether oxygens (including phenoxy) is 1. The predicted molar refractivity (Wildman–Crippen MR) is 150 cm³/mol. The van der Waals surface area contributed by atoms with Gasteiger partial charge < -0.3 is 20.1 Å². The molecule has 1 saturated heterocycles. The first kappa shape index (κ1) is 32.2. The molecule has 234 valence electrons. The van der Waals surface area contributed by atoms with E-state index in [1.807, 2.05) is 37.3 Å². The maximum atomic E-state index is 13.0. The fourth-order valence-electron chi connectivity index (χ4n) is 5.02. The Kier molecular flexibility index (Phi) is 10.0. The van der Waals surface area contributed by atoms with Crippen molar-refractivity contribution in [3.05, 3.63) is 71.4 Å². The van der Waals surface area contributed by atoms with E-state index < -0.39 is 30.0 Å². The molecule has 1 saturated carbocycles. The maximum Gasteiger partial charge on any atom is 0.490 e. The number of hydrogen-bond donors (Lipinski definition) is 4. The molecule has 5 rings (SSSR count). The van der Waals surface area contributed by atoms with Crippen molar-refractivity contribution in [3.63, 3.8) is 0 Å². The number of likely N-dealkylation sites (tertiary alicyclic amines) is 1. The zero-order valence-corrected chi connectivity index (χ0v) is 23.6. The van der Waals surface area contributed by atoms with Crippen LogP contribution in [0.15, 0.2) is 54.6 Å². The number of carboxylic acids is 1. The van der Waals surface area contributed by atoms with E-state index in [2.05, 4.69) is 10.3 Å². The second kappa shape index (κ2) is 13.7. The number of halogens is 3. The Labute approximate surface area is 250 Å². The van der Waals surface area contributed by atoms with Gasteiger partial charge in [0.05, 0.1) is 17.5 Å². The van der Waals surface area contributed by atoms with E-state index in [0.29, 0.717) is 17.9 Å². The number of nitrogens with zero attached hydrogens (tertiary/aromatic N) is 2. The molecule has 0 unspecified atom stereocenters. The molecule has 1 aliphatic heterocycles. The van der Waals surface area contributed by atoms with Crippen LogP contribution in [0.2, 0.25) is 0 Å². The minimum atomic E-state index is -5.08. The van der Waals surface area contributed by atoms with Crippen LogP contribution in [0.25, 0.3) is 10.9 Å². The number of fused-ring (bicyclic) bond motifs is 1. The number of pyridine rings is 1. The number of rotatable bonds is 7. The van der Waals surface area contributed by atoms with E-state index in [9.17, 15) is 27.6 Å². The first-order valence-electron chi connectivity index (χ1n) is 13.8. The summed E-state index contributed by atoms with van der Waals surface area (Å²) >= 11 is 0. The zero-order chi connectivity index (χ0) is 32.0. The molecule has 0 spiro atoms. The van der Waals surface area contributed by atoms with Gasteiger partial charge >= 0.3 is 12.1 Å². The van der Waals surface area contributed by atoms with Crippen LogP contribution >= 0.6 is 0 Å². The minimum absolute atomic E-state index is 0.00566. The normalized spacial score (nSPS) is 18.1. The smallest absolute Gasteiger partial charge is 0.489 e. The molecule has 14 heteroatoms. The van der Waals surface area contributed by atoms with Gasteiger partial charge in [0.25, 0.3) is 5.91 Å². The standard InChI is InChI=1S/C28H30N4O5.C2HF3O2/c1-17-13-20(22-7-2-3-8-24(22)29-17)16-37-21-11-9-18(10-12-21)26(33)30-25-15-32(14-23(25)27(34)31-36)28(35)19-5-4-6-19;3-2(4,5)1(6)7/h2-3,7-13,19,23,25,36H,4-6,14-16H2,1H3,(H,30,33)(H,31,34);(H,6,7)/t23-,25+;/m0./s1. The van der Waals surface area contributed by atoms with Gasteiger partial charge in [-0.05, 0) is 56.2 Å². The molecule has 2 aromatic carbocycles. The van der Waals surface area contributed by atoms with E-state index in [1.54, 1.807) is 34.6 Å². The lowest BCUT2D eigenvalue weighted by molar-refractivity contribution is -0.192. The third kappa shape index (κ3) is 7.81. The Morgan fingerprint density at radius 3 is 2.30 bits per heavy atom. The number of carboxylic acid groups (broad SMARTS) is 1. The summed E-state index contributed by atoms with van der Waals surface area (Å²) in [5.74, 6) is -3.83. The fourth-order valence-corrected chi connectivity index (χ4v) is 5.02. The van der Waals surface area contributed by atoms with Crippen LogP contribution in [0.5, 0.6) is 5.75 Å². The third-order valence-electron chi connectivity index (χ3n) is 7.53. The lowest BCUT2D eigenvalue weighted by atomic mass is 9.84. The van der Waals surface area contributed by atoms with Gasteiger partial charge in [-0.2, -0.15) is 13.2 Å². The Morgan fingerprint density at radius 1 is 1.05 bits per heavy atom. The number of aliphatic carboxylic acids is 1. The number of aromatic nitrogens is 1. The van der Waals surface area contributed by atoms with Crippen LogP contribution < -0.4 is 15.5 Å². The van der Waals surface area contributed by atoms with E-state index in [1.165, 1.54) is 0 Å². The summed E-state index contributed by atoms with van der Waals surface area (Å²) in [6.07, 6.45) is -2.34. The highest BCUT2D eigenvalue weighted by molar-refractivity contribution is 5.95.